The first-order valence-corrected chi connectivity index (χ1v) is 10.4. The van der Waals surface area contributed by atoms with E-state index in [0.29, 0.717) is 29.8 Å². The number of aromatic nitrogens is 2. The summed E-state index contributed by atoms with van der Waals surface area (Å²) in [4.78, 5) is -0.486. The van der Waals surface area contributed by atoms with Crippen molar-refractivity contribution in [3.8, 4) is 17.1 Å². The largest absolute Gasteiger partial charge is 0.477 e. The second kappa shape index (κ2) is 8.70. The maximum atomic E-state index is 12.9. The fraction of sp³-hybridized carbons (Fsp3) is 0.200. The van der Waals surface area contributed by atoms with Crippen LogP contribution in [-0.2, 0) is 16.2 Å². The Bertz CT molecular complexity index is 1120. The van der Waals surface area contributed by atoms with Crippen LogP contribution in [0.4, 0.5) is 18.9 Å². The van der Waals surface area contributed by atoms with Gasteiger partial charge in [0.15, 0.2) is 0 Å². The van der Waals surface area contributed by atoms with E-state index in [4.69, 9.17) is 4.74 Å². The van der Waals surface area contributed by atoms with Crippen molar-refractivity contribution in [2.24, 2.45) is 0 Å². The van der Waals surface area contributed by atoms with Gasteiger partial charge in [-0.15, -0.1) is 10.2 Å². The lowest BCUT2D eigenvalue weighted by molar-refractivity contribution is -0.137. The lowest BCUT2D eigenvalue weighted by Gasteiger charge is -2.12. The van der Waals surface area contributed by atoms with Crippen molar-refractivity contribution in [2.45, 2.75) is 24.4 Å². The zero-order valence-electron chi connectivity index (χ0n) is 15.8. The summed E-state index contributed by atoms with van der Waals surface area (Å²) in [5.74, 6) is 0.377. The molecule has 0 unspecified atom stereocenters. The number of halogens is 3. The summed E-state index contributed by atoms with van der Waals surface area (Å²) < 4.78 is 71.4. The Morgan fingerprint density at radius 2 is 1.77 bits per heavy atom. The van der Waals surface area contributed by atoms with Crippen molar-refractivity contribution in [1.82, 2.24) is 10.2 Å². The highest BCUT2D eigenvalue weighted by molar-refractivity contribution is 7.92. The molecule has 0 amide bonds. The quantitative estimate of drug-likeness (QED) is 0.577. The molecule has 3 aromatic rings. The minimum absolute atomic E-state index is 0.179. The van der Waals surface area contributed by atoms with Crippen molar-refractivity contribution < 1.29 is 26.3 Å². The smallest absolute Gasteiger partial charge is 0.416 e. The highest BCUT2D eigenvalue weighted by Crippen LogP contribution is 2.31. The Morgan fingerprint density at radius 1 is 1.00 bits per heavy atom. The Morgan fingerprint density at radius 3 is 2.43 bits per heavy atom. The van der Waals surface area contributed by atoms with Gasteiger partial charge in [0.1, 0.15) is 0 Å². The summed E-state index contributed by atoms with van der Waals surface area (Å²) >= 11 is 0. The number of sulfonamides is 1. The minimum Gasteiger partial charge on any atom is -0.477 e. The Hall–Kier alpha value is -3.14. The fourth-order valence-electron chi connectivity index (χ4n) is 2.55. The van der Waals surface area contributed by atoms with Gasteiger partial charge in [-0.1, -0.05) is 25.1 Å². The number of hydrogen-bond donors (Lipinski definition) is 1. The van der Waals surface area contributed by atoms with Gasteiger partial charge < -0.3 is 4.74 Å². The molecular formula is C20H18F3N3O3S. The summed E-state index contributed by atoms with van der Waals surface area (Å²) in [6.45, 7) is 2.48. The molecule has 6 nitrogen and oxygen atoms in total. The summed E-state index contributed by atoms with van der Waals surface area (Å²) in [6, 6.07) is 13.2. The fourth-order valence-corrected chi connectivity index (χ4v) is 3.65. The number of rotatable bonds is 7. The molecule has 0 aliphatic rings. The van der Waals surface area contributed by atoms with Crippen LogP contribution in [0.3, 0.4) is 0 Å². The molecule has 0 aliphatic heterocycles. The molecule has 0 radical (unpaired) electrons. The normalized spacial score (nSPS) is 11.9. The molecule has 1 heterocycles. The zero-order chi connectivity index (χ0) is 21.8. The first-order valence-electron chi connectivity index (χ1n) is 8.96. The molecule has 1 N–H and O–H groups in total. The SMILES string of the molecule is CCCOc1ccc(-c2cccc(NS(=O)(=O)c3cccc(C(F)(F)F)c3)c2)nn1. The van der Waals surface area contributed by atoms with Crippen LogP contribution in [0.25, 0.3) is 11.3 Å². The van der Waals surface area contributed by atoms with E-state index in [9.17, 15) is 21.6 Å². The molecule has 10 heteroatoms. The van der Waals surface area contributed by atoms with E-state index in [1.165, 1.54) is 12.1 Å². The van der Waals surface area contributed by atoms with Gasteiger partial charge in [-0.25, -0.2) is 8.42 Å². The van der Waals surface area contributed by atoms with Crippen LogP contribution in [0, 0.1) is 0 Å². The van der Waals surface area contributed by atoms with Crippen LogP contribution in [0.1, 0.15) is 18.9 Å². The standard InChI is InChI=1S/C20H18F3N3O3S/c1-2-11-29-19-10-9-18(24-25-19)14-5-3-7-16(12-14)26-30(27,28)17-8-4-6-15(13-17)20(21,22)23/h3-10,12-13,26H,2,11H2,1H3. The molecule has 0 atom stereocenters. The van der Waals surface area contributed by atoms with Crippen LogP contribution in [0.2, 0.25) is 0 Å². The highest BCUT2D eigenvalue weighted by atomic mass is 32.2. The molecule has 1 aromatic heterocycles. The monoisotopic (exact) mass is 437 g/mol. The van der Waals surface area contributed by atoms with Crippen molar-refractivity contribution in [3.63, 3.8) is 0 Å². The third-order valence-electron chi connectivity index (χ3n) is 3.98. The second-order valence-electron chi connectivity index (χ2n) is 6.32. The number of ether oxygens (including phenoxy) is 1. The maximum Gasteiger partial charge on any atom is 0.416 e. The number of anilines is 1. The van der Waals surface area contributed by atoms with Gasteiger partial charge in [-0.3, -0.25) is 4.72 Å². The van der Waals surface area contributed by atoms with Crippen LogP contribution in [0.5, 0.6) is 5.88 Å². The second-order valence-corrected chi connectivity index (χ2v) is 8.00. The molecule has 0 aliphatic carbocycles. The first kappa shape index (κ1) is 21.6. The van der Waals surface area contributed by atoms with Crippen molar-refractivity contribution in [2.75, 3.05) is 11.3 Å². The Kier molecular flexibility index (Phi) is 6.25. The lowest BCUT2D eigenvalue weighted by atomic mass is 10.1. The first-order chi connectivity index (χ1) is 14.2. The van der Waals surface area contributed by atoms with E-state index in [0.717, 1.165) is 24.6 Å². The number of alkyl halides is 3. The molecule has 0 bridgehead atoms. The van der Waals surface area contributed by atoms with E-state index in [-0.39, 0.29) is 5.69 Å². The molecule has 0 fully saturated rings. The predicted octanol–water partition coefficient (Wildman–Crippen LogP) is 4.75. The molecule has 3 rings (SSSR count). The van der Waals surface area contributed by atoms with Crippen LogP contribution in [0.15, 0.2) is 65.6 Å². The third kappa shape index (κ3) is 5.26. The zero-order valence-corrected chi connectivity index (χ0v) is 16.7. The van der Waals surface area contributed by atoms with E-state index < -0.39 is 26.7 Å². The maximum absolute atomic E-state index is 12.9. The molecule has 0 spiro atoms. The third-order valence-corrected chi connectivity index (χ3v) is 5.36. The summed E-state index contributed by atoms with van der Waals surface area (Å²) in [5, 5.41) is 8.02. The van der Waals surface area contributed by atoms with Gasteiger partial charge in [-0.05, 0) is 42.8 Å². The highest BCUT2D eigenvalue weighted by Gasteiger charge is 2.31. The molecule has 30 heavy (non-hydrogen) atoms. The molecular weight excluding hydrogens is 419 g/mol. The Labute approximate surface area is 171 Å². The summed E-state index contributed by atoms with van der Waals surface area (Å²) in [7, 11) is -4.22. The average Bonchev–Trinajstić information content (AvgIpc) is 2.72. The summed E-state index contributed by atoms with van der Waals surface area (Å²) in [5.41, 5.74) is 0.200. The number of nitrogens with one attached hydrogen (secondary N) is 1. The molecule has 2 aromatic carbocycles. The van der Waals surface area contributed by atoms with E-state index >= 15 is 0 Å². The van der Waals surface area contributed by atoms with Gasteiger partial charge in [0.05, 0.1) is 22.8 Å². The minimum atomic E-state index is -4.64. The van der Waals surface area contributed by atoms with Gasteiger partial charge in [0.25, 0.3) is 10.0 Å². The van der Waals surface area contributed by atoms with E-state index in [2.05, 4.69) is 14.9 Å². The van der Waals surface area contributed by atoms with Crippen LogP contribution in [-0.4, -0.2) is 25.2 Å². The molecule has 0 saturated carbocycles. The average molecular weight is 437 g/mol. The van der Waals surface area contributed by atoms with Gasteiger partial charge >= 0.3 is 6.18 Å². The Balaban J connectivity index is 1.83. The topological polar surface area (TPSA) is 81.2 Å². The summed E-state index contributed by atoms with van der Waals surface area (Å²) in [6.07, 6.45) is -3.81. The van der Waals surface area contributed by atoms with Crippen molar-refractivity contribution >= 4 is 15.7 Å². The van der Waals surface area contributed by atoms with Crippen molar-refractivity contribution in [3.05, 3.63) is 66.2 Å². The molecule has 0 saturated heterocycles. The van der Waals surface area contributed by atoms with E-state index in [1.54, 1.807) is 24.3 Å². The molecule has 158 valence electrons. The van der Waals surface area contributed by atoms with E-state index in [1.807, 2.05) is 6.92 Å². The van der Waals surface area contributed by atoms with Crippen LogP contribution >= 0.6 is 0 Å². The van der Waals surface area contributed by atoms with Crippen molar-refractivity contribution in [1.29, 1.82) is 0 Å². The lowest BCUT2D eigenvalue weighted by Crippen LogP contribution is -2.14. The van der Waals surface area contributed by atoms with Crippen LogP contribution < -0.4 is 9.46 Å². The predicted molar refractivity (Wildman–Crippen MR) is 106 cm³/mol. The number of benzene rings is 2. The van der Waals surface area contributed by atoms with Gasteiger partial charge in [0, 0.05) is 17.3 Å². The van der Waals surface area contributed by atoms with Gasteiger partial charge in [-0.2, -0.15) is 13.2 Å². The van der Waals surface area contributed by atoms with Gasteiger partial charge in [0.2, 0.25) is 5.88 Å². The number of nitrogens with zero attached hydrogens (tertiary/aromatic N) is 2. The number of hydrogen-bond acceptors (Lipinski definition) is 5.